The second-order valence-electron chi connectivity index (χ2n) is 21.1. The number of hydrogen-bond donors (Lipinski definition) is 6. The van der Waals surface area contributed by atoms with E-state index in [1.807, 2.05) is 69.8 Å². The van der Waals surface area contributed by atoms with Crippen LogP contribution in [0.2, 0.25) is 0 Å². The van der Waals surface area contributed by atoms with E-state index in [4.69, 9.17) is 4.74 Å². The number of benzene rings is 4. The van der Waals surface area contributed by atoms with E-state index >= 15 is 0 Å². The molecule has 1 amide bonds. The number of imidazole rings is 4. The van der Waals surface area contributed by atoms with Gasteiger partial charge in [0.2, 0.25) is 0 Å². The third kappa shape index (κ3) is 12.5. The first-order chi connectivity index (χ1) is 36.6. The monoisotopic (exact) mass is 1030 g/mol. The summed E-state index contributed by atoms with van der Waals surface area (Å²) in [5, 5.41) is 6.97. The Morgan fingerprint density at radius 2 is 0.855 bits per heavy atom. The van der Waals surface area contributed by atoms with Crippen LogP contribution in [0.1, 0.15) is 155 Å². The Labute approximate surface area is 451 Å². The van der Waals surface area contributed by atoms with E-state index in [2.05, 4.69) is 147 Å². The summed E-state index contributed by atoms with van der Waals surface area (Å²) in [6.45, 7) is 8.48. The van der Waals surface area contributed by atoms with Gasteiger partial charge in [-0.3, -0.25) is 4.90 Å². The summed E-state index contributed by atoms with van der Waals surface area (Å²) < 4.78 is 5.61. The number of aromatic amines is 4. The third-order valence-electron chi connectivity index (χ3n) is 14.6. The van der Waals surface area contributed by atoms with E-state index in [0.717, 1.165) is 129 Å². The summed E-state index contributed by atoms with van der Waals surface area (Å²) >= 11 is 0. The van der Waals surface area contributed by atoms with E-state index in [0.29, 0.717) is 24.5 Å². The first-order valence-electron chi connectivity index (χ1n) is 26.8. The van der Waals surface area contributed by atoms with Crippen molar-refractivity contribution in [1.82, 2.24) is 55.4 Å². The lowest BCUT2D eigenvalue weighted by atomic mass is 10.1. The third-order valence-corrected chi connectivity index (χ3v) is 14.6. The summed E-state index contributed by atoms with van der Waals surface area (Å²) in [7, 11) is 0. The molecule has 0 radical (unpaired) electrons. The van der Waals surface area contributed by atoms with Crippen LogP contribution in [0.5, 0.6) is 0 Å². The molecule has 7 heterocycles. The molecule has 4 aliphatic rings. The maximum Gasteiger partial charge on any atom is 0.410 e. The molecular weight excluding hydrogens is 966 g/mol. The van der Waals surface area contributed by atoms with Gasteiger partial charge < -0.3 is 35.3 Å². The van der Waals surface area contributed by atoms with Gasteiger partial charge in [0.15, 0.2) is 0 Å². The number of nitrogens with one attached hydrogen (secondary N) is 6. The van der Waals surface area contributed by atoms with E-state index in [1.165, 1.54) is 38.5 Å². The number of nitrogens with zero attached hydrogens (tertiary/aromatic N) is 5. The van der Waals surface area contributed by atoms with Crippen molar-refractivity contribution in [3.63, 3.8) is 0 Å². The number of rotatable bonds is 8. The molecule has 14 heteroatoms. The maximum absolute atomic E-state index is 12.7. The number of likely N-dealkylation sites (tertiary alicyclic amines) is 1. The lowest BCUT2D eigenvalue weighted by Gasteiger charge is -2.27. The number of carbonyl (C=O) groups excluding carboxylic acids is 1. The van der Waals surface area contributed by atoms with Gasteiger partial charge in [0.25, 0.3) is 0 Å². The standard InChI is InChI=1S/C34H37N5O2.C28H28N6.ClH/c1-34(2,3)41-33(40)39-20-6-9-30(39)32-36-22-29(38-32)26-18-14-24(15-19-26)11-10-23-12-16-25(17-13-23)28-21-35-31(37-28)27-7-4-5-8-27;1-3-23(29-15-1)27-31-17-25(33-27)21-11-7-19(8-12-21)5-6-20-9-13-22(14-10-20)26-18-32-28(34-26)24-4-2-16-30-24;/h12-19,21-22,27,30H,4-9,20H2,1-3H3,(H,35,37)(H,36,38);7-14,17-18,23-24,29-30H,1-4,15-16H2,(H,31,33)(H,32,34);1H/t30-;23-,24-;/m00./s1. The van der Waals surface area contributed by atoms with Gasteiger partial charge in [-0.05, 0) is 156 Å². The number of carbonyl (C=O) groups is 1. The van der Waals surface area contributed by atoms with Crippen LogP contribution >= 0.6 is 12.4 Å². The van der Waals surface area contributed by atoms with Crippen molar-refractivity contribution in [3.8, 4) is 68.7 Å². The number of halogens is 1. The molecular formula is C62H66ClN11O2. The van der Waals surface area contributed by atoms with E-state index in [-0.39, 0.29) is 24.5 Å². The van der Waals surface area contributed by atoms with Crippen LogP contribution in [0.3, 0.4) is 0 Å². The predicted octanol–water partition coefficient (Wildman–Crippen LogP) is 12.7. The molecule has 0 bridgehead atoms. The summed E-state index contributed by atoms with van der Waals surface area (Å²) in [6, 6.07) is 33.7. The number of amides is 1. The van der Waals surface area contributed by atoms with Gasteiger partial charge in [0.1, 0.15) is 28.9 Å². The van der Waals surface area contributed by atoms with Crippen molar-refractivity contribution < 1.29 is 9.53 Å². The van der Waals surface area contributed by atoms with E-state index < -0.39 is 5.60 Å². The number of ether oxygens (including phenoxy) is 1. The molecule has 4 aromatic heterocycles. The van der Waals surface area contributed by atoms with Gasteiger partial charge in [-0.1, -0.05) is 85.1 Å². The quantitative estimate of drug-likeness (QED) is 0.0818. The van der Waals surface area contributed by atoms with Crippen molar-refractivity contribution in [2.24, 2.45) is 0 Å². The molecule has 0 unspecified atom stereocenters. The topological polar surface area (TPSA) is 168 Å². The summed E-state index contributed by atoms with van der Waals surface area (Å²) in [5.74, 6) is 17.7. The Bertz CT molecular complexity index is 3220. The summed E-state index contributed by atoms with van der Waals surface area (Å²) in [6.07, 6.45) is 18.9. The fourth-order valence-electron chi connectivity index (χ4n) is 10.5. The molecule has 388 valence electrons. The van der Waals surface area contributed by atoms with Crippen LogP contribution in [0.4, 0.5) is 4.79 Å². The minimum atomic E-state index is -0.522. The highest BCUT2D eigenvalue weighted by Crippen LogP contribution is 2.35. The van der Waals surface area contributed by atoms with Crippen molar-refractivity contribution in [2.45, 2.75) is 115 Å². The number of aromatic nitrogens is 8. The SMILES string of the molecule is C(#Cc1ccc(-c2cnc([C@@H]3CCCN3)[nH]2)cc1)c1ccc(-c2cnc([C@@H]3CCCN3)[nH]2)cc1.CC(C)(C)OC(=O)N1CCC[C@H]1c1ncc(-c2ccc(C#Cc3ccc(-c4cnc(C5CCCC5)[nH]4)cc3)cc2)[nH]1.Cl. The average molecular weight is 1030 g/mol. The van der Waals surface area contributed by atoms with Gasteiger partial charge in [-0.25, -0.2) is 24.7 Å². The Morgan fingerprint density at radius 1 is 0.487 bits per heavy atom. The van der Waals surface area contributed by atoms with Gasteiger partial charge in [-0.15, -0.1) is 12.4 Å². The highest BCUT2D eigenvalue weighted by molar-refractivity contribution is 5.85. The Hall–Kier alpha value is -7.68. The molecule has 3 atom stereocenters. The number of H-pyrrole nitrogens is 4. The van der Waals surface area contributed by atoms with E-state index in [1.54, 1.807) is 4.90 Å². The second-order valence-corrected chi connectivity index (χ2v) is 21.1. The molecule has 3 saturated heterocycles. The van der Waals surface area contributed by atoms with Crippen molar-refractivity contribution in [2.75, 3.05) is 19.6 Å². The summed E-state index contributed by atoms with van der Waals surface area (Å²) in [4.78, 5) is 46.7. The molecule has 13 nitrogen and oxygen atoms in total. The van der Waals surface area contributed by atoms with Crippen LogP contribution in [0.25, 0.3) is 45.0 Å². The molecule has 0 spiro atoms. The molecule has 4 aromatic carbocycles. The largest absolute Gasteiger partial charge is 0.444 e. The Balaban J connectivity index is 0.000000173. The van der Waals surface area contributed by atoms with Crippen LogP contribution in [0.15, 0.2) is 122 Å². The highest BCUT2D eigenvalue weighted by Gasteiger charge is 2.35. The van der Waals surface area contributed by atoms with Crippen molar-refractivity contribution >= 4 is 18.5 Å². The average Bonchev–Trinajstić information content (AvgIpc) is 4.27. The zero-order valence-electron chi connectivity index (χ0n) is 43.5. The fourth-order valence-corrected chi connectivity index (χ4v) is 10.5. The van der Waals surface area contributed by atoms with Crippen LogP contribution in [-0.2, 0) is 4.74 Å². The lowest BCUT2D eigenvalue weighted by Crippen LogP contribution is -2.36. The first-order valence-corrected chi connectivity index (χ1v) is 26.8. The molecule has 6 N–H and O–H groups in total. The molecule has 4 fully saturated rings. The normalized spacial score (nSPS) is 18.2. The van der Waals surface area contributed by atoms with Crippen LogP contribution in [0, 0.1) is 23.7 Å². The zero-order valence-corrected chi connectivity index (χ0v) is 44.3. The number of hydrogen-bond acceptors (Lipinski definition) is 8. The molecule has 12 rings (SSSR count). The fraction of sp³-hybridized carbons (Fsp3) is 0.339. The Morgan fingerprint density at radius 3 is 1.24 bits per heavy atom. The van der Waals surface area contributed by atoms with Crippen LogP contribution in [-0.4, -0.2) is 76.1 Å². The summed E-state index contributed by atoms with van der Waals surface area (Å²) in [5.41, 5.74) is 11.9. The maximum atomic E-state index is 12.7. The van der Waals surface area contributed by atoms with Gasteiger partial charge in [0.05, 0.1) is 65.7 Å². The molecule has 3 aliphatic heterocycles. The smallest absolute Gasteiger partial charge is 0.410 e. The van der Waals surface area contributed by atoms with Crippen LogP contribution < -0.4 is 10.6 Å². The van der Waals surface area contributed by atoms with E-state index in [9.17, 15) is 4.79 Å². The zero-order chi connectivity index (χ0) is 51.1. The second kappa shape index (κ2) is 23.5. The molecule has 1 aliphatic carbocycles. The minimum Gasteiger partial charge on any atom is -0.444 e. The van der Waals surface area contributed by atoms with Gasteiger partial charge >= 0.3 is 6.09 Å². The first kappa shape index (κ1) is 51.8. The minimum absolute atomic E-state index is 0. The lowest BCUT2D eigenvalue weighted by molar-refractivity contribution is 0.0218. The van der Waals surface area contributed by atoms with Gasteiger partial charge in [0, 0.05) is 34.7 Å². The van der Waals surface area contributed by atoms with Gasteiger partial charge in [-0.2, -0.15) is 0 Å². The Kier molecular flexibility index (Phi) is 16.0. The molecule has 1 saturated carbocycles. The van der Waals surface area contributed by atoms with Crippen molar-refractivity contribution in [3.05, 3.63) is 167 Å². The molecule has 76 heavy (non-hydrogen) atoms. The molecule has 8 aromatic rings. The predicted molar refractivity (Wildman–Crippen MR) is 301 cm³/mol. The highest BCUT2D eigenvalue weighted by atomic mass is 35.5. The van der Waals surface area contributed by atoms with Crippen molar-refractivity contribution in [1.29, 1.82) is 0 Å².